The third-order valence-corrected chi connectivity index (χ3v) is 4.16. The van der Waals surface area contributed by atoms with Crippen LogP contribution in [0.2, 0.25) is 0 Å². The first kappa shape index (κ1) is 17.1. The molecule has 25 heavy (non-hydrogen) atoms. The predicted molar refractivity (Wildman–Crippen MR) is 93.2 cm³/mol. The fraction of sp³-hybridized carbons (Fsp3) is 0.444. The van der Waals surface area contributed by atoms with Gasteiger partial charge in [-0.3, -0.25) is 14.6 Å². The number of rotatable bonds is 5. The zero-order chi connectivity index (χ0) is 17.8. The molecule has 3 rings (SSSR count). The monoisotopic (exact) mass is 341 g/mol. The Balaban J connectivity index is 1.81. The van der Waals surface area contributed by atoms with Gasteiger partial charge in [0, 0.05) is 31.5 Å². The van der Waals surface area contributed by atoms with Gasteiger partial charge in [-0.05, 0) is 50.8 Å². The highest BCUT2D eigenvalue weighted by Gasteiger charge is 2.27. The molecule has 0 atom stereocenters. The van der Waals surface area contributed by atoms with E-state index in [0.29, 0.717) is 18.1 Å². The molecule has 0 bridgehead atoms. The minimum absolute atomic E-state index is 0.0254. The Labute approximate surface area is 146 Å². The summed E-state index contributed by atoms with van der Waals surface area (Å²) in [5.41, 5.74) is 2.20. The summed E-state index contributed by atoms with van der Waals surface area (Å²) in [4.78, 5) is 33.4. The second-order valence-corrected chi connectivity index (χ2v) is 6.51. The van der Waals surface area contributed by atoms with Gasteiger partial charge < -0.3 is 15.2 Å². The molecular formula is C18H23N5O2. The first-order valence-electron chi connectivity index (χ1n) is 8.63. The van der Waals surface area contributed by atoms with E-state index in [0.717, 1.165) is 37.1 Å². The first-order valence-corrected chi connectivity index (χ1v) is 8.63. The SMILES string of the molecule is CC(C)NC(=O)c1nc(C(=O)NCc2ccncc2)n2c1CCCC2. The van der Waals surface area contributed by atoms with Crippen LogP contribution >= 0.6 is 0 Å². The summed E-state index contributed by atoms with van der Waals surface area (Å²) in [6.45, 7) is 4.93. The average molecular weight is 341 g/mol. The Morgan fingerprint density at radius 1 is 1.20 bits per heavy atom. The number of fused-ring (bicyclic) bond motifs is 1. The maximum Gasteiger partial charge on any atom is 0.287 e. The van der Waals surface area contributed by atoms with E-state index < -0.39 is 0 Å². The lowest BCUT2D eigenvalue weighted by molar-refractivity contribution is 0.0934. The number of hydrogen-bond donors (Lipinski definition) is 2. The zero-order valence-corrected chi connectivity index (χ0v) is 14.6. The lowest BCUT2D eigenvalue weighted by Crippen LogP contribution is -2.31. The molecular weight excluding hydrogens is 318 g/mol. The first-order chi connectivity index (χ1) is 12.1. The Morgan fingerprint density at radius 2 is 1.96 bits per heavy atom. The topological polar surface area (TPSA) is 88.9 Å². The molecule has 132 valence electrons. The van der Waals surface area contributed by atoms with Crippen molar-refractivity contribution in [3.05, 3.63) is 47.3 Å². The van der Waals surface area contributed by atoms with E-state index in [1.54, 1.807) is 12.4 Å². The lowest BCUT2D eigenvalue weighted by Gasteiger charge is -2.17. The van der Waals surface area contributed by atoms with Crippen LogP contribution in [0.25, 0.3) is 0 Å². The van der Waals surface area contributed by atoms with Gasteiger partial charge >= 0.3 is 0 Å². The molecule has 0 saturated carbocycles. The highest BCUT2D eigenvalue weighted by Crippen LogP contribution is 2.21. The van der Waals surface area contributed by atoms with Crippen molar-refractivity contribution >= 4 is 11.8 Å². The van der Waals surface area contributed by atoms with Crippen molar-refractivity contribution in [1.29, 1.82) is 0 Å². The van der Waals surface area contributed by atoms with Gasteiger partial charge in [0.25, 0.3) is 11.8 Å². The highest BCUT2D eigenvalue weighted by molar-refractivity contribution is 5.97. The summed E-state index contributed by atoms with van der Waals surface area (Å²) >= 11 is 0. The fourth-order valence-corrected chi connectivity index (χ4v) is 2.99. The molecule has 0 radical (unpaired) electrons. The molecule has 2 amide bonds. The second-order valence-electron chi connectivity index (χ2n) is 6.51. The summed E-state index contributed by atoms with van der Waals surface area (Å²) in [6.07, 6.45) is 6.14. The van der Waals surface area contributed by atoms with Crippen LogP contribution in [0.3, 0.4) is 0 Å². The number of nitrogens with zero attached hydrogens (tertiary/aromatic N) is 3. The fourth-order valence-electron chi connectivity index (χ4n) is 2.99. The second kappa shape index (κ2) is 7.46. The summed E-state index contributed by atoms with van der Waals surface area (Å²) in [5, 5.41) is 5.74. The van der Waals surface area contributed by atoms with Crippen LogP contribution in [0.1, 0.15) is 59.1 Å². The Bertz CT molecular complexity index is 767. The Hall–Kier alpha value is -2.70. The molecule has 0 fully saturated rings. The third-order valence-electron chi connectivity index (χ3n) is 4.16. The van der Waals surface area contributed by atoms with Crippen LogP contribution in [-0.4, -0.2) is 32.4 Å². The van der Waals surface area contributed by atoms with Crippen LogP contribution in [-0.2, 0) is 19.5 Å². The largest absolute Gasteiger partial charge is 0.348 e. The van der Waals surface area contributed by atoms with Crippen molar-refractivity contribution in [3.63, 3.8) is 0 Å². The molecule has 1 aliphatic heterocycles. The number of imidazole rings is 1. The predicted octanol–water partition coefficient (Wildman–Crippen LogP) is 1.68. The number of pyridine rings is 1. The van der Waals surface area contributed by atoms with Crippen LogP contribution < -0.4 is 10.6 Å². The van der Waals surface area contributed by atoms with Crippen LogP contribution in [0.15, 0.2) is 24.5 Å². The van der Waals surface area contributed by atoms with E-state index in [4.69, 9.17) is 0 Å². The normalized spacial score (nSPS) is 13.4. The molecule has 3 heterocycles. The van der Waals surface area contributed by atoms with Gasteiger partial charge in [-0.25, -0.2) is 4.98 Å². The van der Waals surface area contributed by atoms with Crippen molar-refractivity contribution < 1.29 is 9.59 Å². The van der Waals surface area contributed by atoms with Gasteiger partial charge in [0.05, 0.1) is 5.69 Å². The number of aromatic nitrogens is 3. The molecule has 0 spiro atoms. The van der Waals surface area contributed by atoms with Crippen LogP contribution in [0, 0.1) is 0 Å². The number of amides is 2. The van der Waals surface area contributed by atoms with Gasteiger partial charge in [0.1, 0.15) is 5.69 Å². The lowest BCUT2D eigenvalue weighted by atomic mass is 10.1. The highest BCUT2D eigenvalue weighted by atomic mass is 16.2. The summed E-state index contributed by atoms with van der Waals surface area (Å²) < 4.78 is 1.89. The van der Waals surface area contributed by atoms with Crippen molar-refractivity contribution in [1.82, 2.24) is 25.2 Å². The smallest absolute Gasteiger partial charge is 0.287 e. The summed E-state index contributed by atoms with van der Waals surface area (Å²) in [6, 6.07) is 3.73. The van der Waals surface area contributed by atoms with Crippen molar-refractivity contribution in [2.75, 3.05) is 0 Å². The number of nitrogens with one attached hydrogen (secondary N) is 2. The molecule has 2 aromatic heterocycles. The van der Waals surface area contributed by atoms with Gasteiger partial charge in [-0.1, -0.05) is 0 Å². The van der Waals surface area contributed by atoms with Crippen molar-refractivity contribution in [3.8, 4) is 0 Å². The maximum atomic E-state index is 12.6. The summed E-state index contributed by atoms with van der Waals surface area (Å²) in [5.74, 6) is -0.157. The molecule has 7 nitrogen and oxygen atoms in total. The van der Waals surface area contributed by atoms with Gasteiger partial charge in [0.2, 0.25) is 0 Å². The average Bonchev–Trinajstić information content (AvgIpc) is 3.00. The molecule has 2 aromatic rings. The zero-order valence-electron chi connectivity index (χ0n) is 14.6. The van der Waals surface area contributed by atoms with Gasteiger partial charge in [0.15, 0.2) is 5.82 Å². The standard InChI is InChI=1S/C18H23N5O2/c1-12(2)21-17(24)15-14-5-3-4-10-23(14)16(22-15)18(25)20-11-13-6-8-19-9-7-13/h6-9,12H,3-5,10-11H2,1-2H3,(H,20,25)(H,21,24). The van der Waals surface area contributed by atoms with E-state index in [-0.39, 0.29) is 17.9 Å². The third kappa shape index (κ3) is 3.87. The number of hydrogen-bond acceptors (Lipinski definition) is 4. The minimum atomic E-state index is -0.261. The maximum absolute atomic E-state index is 12.6. The van der Waals surface area contributed by atoms with E-state index in [1.165, 1.54) is 0 Å². The molecule has 2 N–H and O–H groups in total. The van der Waals surface area contributed by atoms with Crippen LogP contribution in [0.4, 0.5) is 0 Å². The van der Waals surface area contributed by atoms with E-state index in [2.05, 4.69) is 20.6 Å². The molecule has 1 aliphatic rings. The minimum Gasteiger partial charge on any atom is -0.348 e. The molecule has 0 saturated heterocycles. The molecule has 0 unspecified atom stereocenters. The molecule has 0 aromatic carbocycles. The van der Waals surface area contributed by atoms with Gasteiger partial charge in [-0.15, -0.1) is 0 Å². The van der Waals surface area contributed by atoms with E-state index in [1.807, 2.05) is 30.5 Å². The Morgan fingerprint density at radius 3 is 2.68 bits per heavy atom. The number of carbonyl (C=O) groups is 2. The summed E-state index contributed by atoms with van der Waals surface area (Å²) in [7, 11) is 0. The quantitative estimate of drug-likeness (QED) is 0.866. The van der Waals surface area contributed by atoms with Gasteiger partial charge in [-0.2, -0.15) is 0 Å². The van der Waals surface area contributed by atoms with E-state index in [9.17, 15) is 9.59 Å². The Kier molecular flexibility index (Phi) is 5.11. The van der Waals surface area contributed by atoms with E-state index >= 15 is 0 Å². The van der Waals surface area contributed by atoms with Crippen molar-refractivity contribution in [2.24, 2.45) is 0 Å². The number of carbonyl (C=O) groups excluding carboxylic acids is 2. The van der Waals surface area contributed by atoms with Crippen LogP contribution in [0.5, 0.6) is 0 Å². The molecule has 0 aliphatic carbocycles. The van der Waals surface area contributed by atoms with Crippen molar-refractivity contribution in [2.45, 2.75) is 52.2 Å². The molecule has 7 heteroatoms.